The van der Waals surface area contributed by atoms with Crippen molar-refractivity contribution in [3.63, 3.8) is 0 Å². The van der Waals surface area contributed by atoms with Crippen molar-refractivity contribution in [2.24, 2.45) is 0 Å². The first-order valence-corrected chi connectivity index (χ1v) is 25.3. The summed E-state index contributed by atoms with van der Waals surface area (Å²) in [5.74, 6) is 1.81. The Morgan fingerprint density at radius 3 is 1.08 bits per heavy atom. The van der Waals surface area contributed by atoms with Crippen molar-refractivity contribution in [2.75, 3.05) is 0 Å². The minimum atomic E-state index is 0.564. The van der Waals surface area contributed by atoms with E-state index < -0.39 is 0 Å². The zero-order chi connectivity index (χ0) is 48.4. The van der Waals surface area contributed by atoms with Gasteiger partial charge in [0.25, 0.3) is 0 Å². The maximum atomic E-state index is 5.52. The van der Waals surface area contributed by atoms with Gasteiger partial charge in [0.1, 0.15) is 0 Å². The zero-order valence-corrected chi connectivity index (χ0v) is 39.9. The van der Waals surface area contributed by atoms with Crippen molar-refractivity contribution in [1.82, 2.24) is 24.1 Å². The summed E-state index contributed by atoms with van der Waals surface area (Å²) >= 11 is 0. The average molecular weight is 940 g/mol. The topological polar surface area (TPSA) is 48.5 Å². The Labute approximate surface area is 424 Å². The highest BCUT2D eigenvalue weighted by Gasteiger charge is 2.22. The standard InChI is InChI=1S/C69H41N5/c1-4-20-47-44(17-1)39-60(53-26-9-7-23-50(47)53)67-70-68(61-40-45-18-2-5-21-48(45)51-24-8-10-27-54(51)61)72-69(71-67)74-63-32-16-14-30-57(63)59-38-43(34-36-65(59)74)42-33-35-64-58(37-42)56-29-13-15-31-62(56)73(64)66-41-46-19-3-6-22-49(46)52-25-11-12-28-55(52)66/h1-41H. The lowest BCUT2D eigenvalue weighted by atomic mass is 9.96. The lowest BCUT2D eigenvalue weighted by molar-refractivity contribution is 0.955. The van der Waals surface area contributed by atoms with Crippen LogP contribution in [0.3, 0.4) is 0 Å². The Morgan fingerprint density at radius 1 is 0.230 bits per heavy atom. The molecule has 0 aliphatic heterocycles. The van der Waals surface area contributed by atoms with E-state index in [1.54, 1.807) is 0 Å². The van der Waals surface area contributed by atoms with Crippen molar-refractivity contribution < 1.29 is 0 Å². The molecule has 0 N–H and O–H groups in total. The SMILES string of the molecule is c1ccc2c(c1)cc(-c1nc(-c3cc4ccccc4c4ccccc34)nc(-n3c4ccccc4c4cc(-c5ccc6c(c5)c5ccccc5n6-c5cc6ccccc6c6ccccc56)ccc43)n1)c1ccccc12. The molecular formula is C69H41N5. The van der Waals surface area contributed by atoms with E-state index in [9.17, 15) is 0 Å². The summed E-state index contributed by atoms with van der Waals surface area (Å²) in [5, 5.41) is 18.8. The number of fused-ring (bicyclic) bond motifs is 15. The lowest BCUT2D eigenvalue weighted by Gasteiger charge is -2.15. The first-order valence-electron chi connectivity index (χ1n) is 25.3. The second kappa shape index (κ2) is 15.8. The van der Waals surface area contributed by atoms with Crippen LogP contribution in [-0.2, 0) is 0 Å². The van der Waals surface area contributed by atoms with Crippen molar-refractivity contribution in [3.8, 4) is 45.5 Å². The molecule has 0 aliphatic rings. The van der Waals surface area contributed by atoms with Gasteiger partial charge in [-0.1, -0.05) is 194 Å². The molecule has 0 amide bonds. The first-order chi connectivity index (χ1) is 36.7. The van der Waals surface area contributed by atoms with E-state index in [0.717, 1.165) is 76.4 Å². The Balaban J connectivity index is 0.916. The molecule has 3 aromatic heterocycles. The molecule has 0 saturated carbocycles. The molecule has 0 unspecified atom stereocenters. The average Bonchev–Trinajstić information content (AvgIpc) is 3.98. The number of nitrogens with zero attached hydrogens (tertiary/aromatic N) is 5. The molecule has 0 atom stereocenters. The molecule has 0 fully saturated rings. The van der Waals surface area contributed by atoms with Gasteiger partial charge >= 0.3 is 0 Å². The normalized spacial score (nSPS) is 12.1. The van der Waals surface area contributed by atoms with E-state index in [1.165, 1.54) is 59.8 Å². The third-order valence-corrected chi connectivity index (χ3v) is 15.5. The van der Waals surface area contributed by atoms with Crippen LogP contribution in [-0.4, -0.2) is 24.1 Å². The summed E-state index contributed by atoms with van der Waals surface area (Å²) in [5.41, 5.74) is 9.79. The van der Waals surface area contributed by atoms with Crippen molar-refractivity contribution >= 4 is 108 Å². The van der Waals surface area contributed by atoms with Gasteiger partial charge in [-0.05, 0) is 125 Å². The number of hydrogen-bond acceptors (Lipinski definition) is 3. The van der Waals surface area contributed by atoms with E-state index >= 15 is 0 Å². The van der Waals surface area contributed by atoms with E-state index in [0.29, 0.717) is 17.6 Å². The van der Waals surface area contributed by atoms with E-state index in [2.05, 4.69) is 258 Å². The van der Waals surface area contributed by atoms with Crippen molar-refractivity contribution in [1.29, 1.82) is 0 Å². The van der Waals surface area contributed by atoms with Gasteiger partial charge in [0.05, 0.1) is 27.8 Å². The van der Waals surface area contributed by atoms with Gasteiger partial charge in [0, 0.05) is 38.1 Å². The molecule has 5 heteroatoms. The molecule has 342 valence electrons. The summed E-state index contributed by atoms with van der Waals surface area (Å²) in [6.45, 7) is 0. The smallest absolute Gasteiger partial charge is 0.238 e. The molecule has 13 aromatic carbocycles. The molecule has 0 radical (unpaired) electrons. The summed E-state index contributed by atoms with van der Waals surface area (Å²) in [6.07, 6.45) is 0. The molecule has 0 aliphatic carbocycles. The summed E-state index contributed by atoms with van der Waals surface area (Å²) in [4.78, 5) is 16.5. The van der Waals surface area contributed by atoms with Gasteiger partial charge in [-0.2, -0.15) is 9.97 Å². The van der Waals surface area contributed by atoms with Crippen LogP contribution in [0, 0.1) is 0 Å². The van der Waals surface area contributed by atoms with Crippen molar-refractivity contribution in [3.05, 3.63) is 249 Å². The number of rotatable bonds is 5. The summed E-state index contributed by atoms with van der Waals surface area (Å²) in [7, 11) is 0. The largest absolute Gasteiger partial charge is 0.309 e. The highest BCUT2D eigenvalue weighted by molar-refractivity contribution is 6.18. The predicted octanol–water partition coefficient (Wildman–Crippen LogP) is 18.0. The van der Waals surface area contributed by atoms with Crippen molar-refractivity contribution in [2.45, 2.75) is 0 Å². The van der Waals surface area contributed by atoms with Crippen LogP contribution in [0.2, 0.25) is 0 Å². The molecule has 5 nitrogen and oxygen atoms in total. The predicted molar refractivity (Wildman–Crippen MR) is 310 cm³/mol. The number of benzene rings is 13. The molecule has 3 heterocycles. The minimum absolute atomic E-state index is 0.564. The second-order valence-corrected chi connectivity index (χ2v) is 19.5. The monoisotopic (exact) mass is 939 g/mol. The number of aromatic nitrogens is 5. The van der Waals surface area contributed by atoms with Gasteiger partial charge in [-0.25, -0.2) is 4.98 Å². The molecular weight excluding hydrogens is 899 g/mol. The van der Waals surface area contributed by atoms with E-state index in [4.69, 9.17) is 15.0 Å². The van der Waals surface area contributed by atoms with Crippen LogP contribution in [0.1, 0.15) is 0 Å². The highest BCUT2D eigenvalue weighted by atomic mass is 15.2. The van der Waals surface area contributed by atoms with Gasteiger partial charge < -0.3 is 4.57 Å². The second-order valence-electron chi connectivity index (χ2n) is 19.5. The van der Waals surface area contributed by atoms with Crippen LogP contribution in [0.25, 0.3) is 154 Å². The highest BCUT2D eigenvalue weighted by Crippen LogP contribution is 2.42. The Bertz CT molecular complexity index is 4900. The zero-order valence-electron chi connectivity index (χ0n) is 39.9. The maximum absolute atomic E-state index is 5.52. The molecule has 16 rings (SSSR count). The van der Waals surface area contributed by atoms with Gasteiger partial charge in [-0.15, -0.1) is 0 Å². The fourth-order valence-electron chi connectivity index (χ4n) is 12.2. The lowest BCUT2D eigenvalue weighted by Crippen LogP contribution is -2.07. The van der Waals surface area contributed by atoms with E-state index in [1.807, 2.05) is 0 Å². The summed E-state index contributed by atoms with van der Waals surface area (Å²) < 4.78 is 4.69. The van der Waals surface area contributed by atoms with E-state index in [-0.39, 0.29) is 0 Å². The Kier molecular flexibility index (Phi) is 8.68. The first kappa shape index (κ1) is 40.7. The van der Waals surface area contributed by atoms with Crippen LogP contribution >= 0.6 is 0 Å². The van der Waals surface area contributed by atoms with Crippen LogP contribution < -0.4 is 0 Å². The minimum Gasteiger partial charge on any atom is -0.309 e. The molecule has 0 saturated heterocycles. The van der Waals surface area contributed by atoms with Gasteiger partial charge in [-0.3, -0.25) is 4.57 Å². The summed E-state index contributed by atoms with van der Waals surface area (Å²) in [6, 6.07) is 90.0. The Morgan fingerprint density at radius 2 is 0.581 bits per heavy atom. The van der Waals surface area contributed by atoms with Crippen LogP contribution in [0.15, 0.2) is 249 Å². The van der Waals surface area contributed by atoms with Gasteiger partial charge in [0.2, 0.25) is 5.95 Å². The molecule has 74 heavy (non-hydrogen) atoms. The third-order valence-electron chi connectivity index (χ3n) is 15.5. The van der Waals surface area contributed by atoms with Crippen LogP contribution in [0.5, 0.6) is 0 Å². The maximum Gasteiger partial charge on any atom is 0.238 e. The molecule has 16 aromatic rings. The molecule has 0 bridgehead atoms. The quantitative estimate of drug-likeness (QED) is 0.162. The number of para-hydroxylation sites is 2. The van der Waals surface area contributed by atoms with Crippen LogP contribution in [0.4, 0.5) is 0 Å². The Hall–Kier alpha value is -9.97. The fourth-order valence-corrected chi connectivity index (χ4v) is 12.2. The third kappa shape index (κ3) is 6.01. The van der Waals surface area contributed by atoms with Gasteiger partial charge in [0.15, 0.2) is 11.6 Å². The number of hydrogen-bond donors (Lipinski definition) is 0. The fraction of sp³-hybridized carbons (Fsp3) is 0. The molecule has 0 spiro atoms.